The van der Waals surface area contributed by atoms with E-state index in [-0.39, 0.29) is 11.9 Å². The molecule has 0 bridgehead atoms. The van der Waals surface area contributed by atoms with Gasteiger partial charge in [0.1, 0.15) is 5.75 Å². The number of methoxy groups -OCH3 is 1. The Bertz CT molecular complexity index is 418. The van der Waals surface area contributed by atoms with E-state index in [4.69, 9.17) is 4.74 Å². The molecule has 92 valence electrons. The highest BCUT2D eigenvalue weighted by Crippen LogP contribution is 2.23. The van der Waals surface area contributed by atoms with Crippen molar-refractivity contribution in [2.24, 2.45) is 0 Å². The Kier molecular flexibility index (Phi) is 5.22. The molecule has 0 saturated heterocycles. The number of amides is 1. The average molecular weight is 298 g/mol. The van der Waals surface area contributed by atoms with Crippen LogP contribution < -0.4 is 10.1 Å². The number of benzene rings is 1. The smallest absolute Gasteiger partial charge is 0.255 e. The molecule has 1 aromatic rings. The number of ether oxygens (including phenoxy) is 1. The summed E-state index contributed by atoms with van der Waals surface area (Å²) < 4.78 is 6.06. The van der Waals surface area contributed by atoms with E-state index in [1.54, 1.807) is 25.3 Å². The van der Waals surface area contributed by atoms with Crippen molar-refractivity contribution >= 4 is 21.8 Å². The lowest BCUT2D eigenvalue weighted by Gasteiger charge is -2.13. The van der Waals surface area contributed by atoms with Crippen LogP contribution in [0.3, 0.4) is 0 Å². The Morgan fingerprint density at radius 2 is 2.35 bits per heavy atom. The Hall–Kier alpha value is -1.29. The summed E-state index contributed by atoms with van der Waals surface area (Å²) in [6.45, 7) is 5.58. The van der Waals surface area contributed by atoms with Crippen LogP contribution in [0.15, 0.2) is 35.3 Å². The molecule has 1 amide bonds. The second-order valence-corrected chi connectivity index (χ2v) is 4.66. The number of carbonyl (C=O) groups excluding carboxylic acids is 1. The van der Waals surface area contributed by atoms with Crippen molar-refractivity contribution < 1.29 is 9.53 Å². The van der Waals surface area contributed by atoms with Crippen molar-refractivity contribution in [3.05, 3.63) is 40.9 Å². The summed E-state index contributed by atoms with van der Waals surface area (Å²) in [5, 5.41) is 2.89. The Balaban J connectivity index is 2.84. The van der Waals surface area contributed by atoms with Gasteiger partial charge in [0, 0.05) is 10.5 Å². The van der Waals surface area contributed by atoms with E-state index < -0.39 is 0 Å². The maximum atomic E-state index is 12.0. The Labute approximate surface area is 110 Å². The Morgan fingerprint density at radius 1 is 1.65 bits per heavy atom. The Morgan fingerprint density at radius 3 is 2.94 bits per heavy atom. The molecule has 3 nitrogen and oxygen atoms in total. The highest BCUT2D eigenvalue weighted by Gasteiger charge is 2.14. The van der Waals surface area contributed by atoms with Gasteiger partial charge in [0.05, 0.1) is 12.7 Å². The first kappa shape index (κ1) is 13.8. The molecule has 0 aromatic heterocycles. The fraction of sp³-hybridized carbons (Fsp3) is 0.308. The second-order valence-electron chi connectivity index (χ2n) is 3.74. The molecule has 0 spiro atoms. The molecule has 0 heterocycles. The highest BCUT2D eigenvalue weighted by atomic mass is 79.9. The van der Waals surface area contributed by atoms with E-state index in [9.17, 15) is 4.79 Å². The molecule has 0 saturated carbocycles. The van der Waals surface area contributed by atoms with E-state index in [1.165, 1.54) is 0 Å². The van der Waals surface area contributed by atoms with Crippen LogP contribution in [-0.2, 0) is 0 Å². The minimum Gasteiger partial charge on any atom is -0.496 e. The van der Waals surface area contributed by atoms with Crippen molar-refractivity contribution in [2.75, 3.05) is 7.11 Å². The van der Waals surface area contributed by atoms with Gasteiger partial charge >= 0.3 is 0 Å². The van der Waals surface area contributed by atoms with E-state index in [0.717, 1.165) is 10.9 Å². The SMILES string of the molecule is C=CCC(C)NC(=O)c1ccc(Br)cc1OC. The van der Waals surface area contributed by atoms with Crippen LogP contribution in [-0.4, -0.2) is 19.1 Å². The van der Waals surface area contributed by atoms with Crippen LogP contribution >= 0.6 is 15.9 Å². The lowest BCUT2D eigenvalue weighted by atomic mass is 10.1. The van der Waals surface area contributed by atoms with Gasteiger partial charge in [0.15, 0.2) is 0 Å². The van der Waals surface area contributed by atoms with Crippen molar-refractivity contribution in [1.29, 1.82) is 0 Å². The van der Waals surface area contributed by atoms with E-state index in [0.29, 0.717) is 11.3 Å². The first-order valence-electron chi connectivity index (χ1n) is 5.33. The average Bonchev–Trinajstić information content (AvgIpc) is 2.28. The fourth-order valence-electron chi connectivity index (χ4n) is 1.46. The highest BCUT2D eigenvalue weighted by molar-refractivity contribution is 9.10. The molecular formula is C13H16BrNO2. The molecule has 0 radical (unpaired) electrons. The van der Waals surface area contributed by atoms with Crippen LogP contribution in [0.1, 0.15) is 23.7 Å². The number of hydrogen-bond acceptors (Lipinski definition) is 2. The van der Waals surface area contributed by atoms with Crippen LogP contribution in [0.4, 0.5) is 0 Å². The summed E-state index contributed by atoms with van der Waals surface area (Å²) in [5.41, 5.74) is 0.534. The zero-order valence-corrected chi connectivity index (χ0v) is 11.6. The maximum Gasteiger partial charge on any atom is 0.255 e. The molecule has 4 heteroatoms. The van der Waals surface area contributed by atoms with Crippen LogP contribution in [0.25, 0.3) is 0 Å². The van der Waals surface area contributed by atoms with Gasteiger partial charge in [0.25, 0.3) is 5.91 Å². The predicted octanol–water partition coefficient (Wildman–Crippen LogP) is 3.15. The van der Waals surface area contributed by atoms with E-state index in [1.807, 2.05) is 13.0 Å². The molecule has 0 aliphatic carbocycles. The summed E-state index contributed by atoms with van der Waals surface area (Å²) in [4.78, 5) is 12.0. The third kappa shape index (κ3) is 3.89. The van der Waals surface area contributed by atoms with Gasteiger partial charge in [-0.1, -0.05) is 22.0 Å². The summed E-state index contributed by atoms with van der Waals surface area (Å²) in [7, 11) is 1.55. The van der Waals surface area contributed by atoms with E-state index >= 15 is 0 Å². The lowest BCUT2D eigenvalue weighted by molar-refractivity contribution is 0.0937. The van der Waals surface area contributed by atoms with Crippen molar-refractivity contribution in [2.45, 2.75) is 19.4 Å². The van der Waals surface area contributed by atoms with Crippen molar-refractivity contribution in [3.63, 3.8) is 0 Å². The lowest BCUT2D eigenvalue weighted by Crippen LogP contribution is -2.32. The van der Waals surface area contributed by atoms with Gasteiger partial charge < -0.3 is 10.1 Å². The fourth-order valence-corrected chi connectivity index (χ4v) is 1.80. The summed E-state index contributed by atoms with van der Waals surface area (Å²) in [6, 6.07) is 5.38. The zero-order chi connectivity index (χ0) is 12.8. The largest absolute Gasteiger partial charge is 0.496 e. The third-order valence-corrected chi connectivity index (χ3v) is 2.80. The number of carbonyl (C=O) groups is 1. The van der Waals surface area contributed by atoms with Crippen LogP contribution in [0.5, 0.6) is 5.75 Å². The molecule has 1 aromatic carbocycles. The normalized spacial score (nSPS) is 11.7. The van der Waals surface area contributed by atoms with Crippen molar-refractivity contribution in [1.82, 2.24) is 5.32 Å². The topological polar surface area (TPSA) is 38.3 Å². The van der Waals surface area contributed by atoms with Gasteiger partial charge in [-0.3, -0.25) is 4.79 Å². The molecule has 1 unspecified atom stereocenters. The van der Waals surface area contributed by atoms with Gasteiger partial charge in [-0.25, -0.2) is 0 Å². The number of nitrogens with one attached hydrogen (secondary N) is 1. The van der Waals surface area contributed by atoms with Gasteiger partial charge in [-0.2, -0.15) is 0 Å². The molecule has 1 N–H and O–H groups in total. The van der Waals surface area contributed by atoms with Crippen LogP contribution in [0.2, 0.25) is 0 Å². The summed E-state index contributed by atoms with van der Waals surface area (Å²) >= 11 is 3.34. The maximum absolute atomic E-state index is 12.0. The standard InChI is InChI=1S/C13H16BrNO2/c1-4-5-9(2)15-13(16)11-7-6-10(14)8-12(11)17-3/h4,6-9H,1,5H2,2-3H3,(H,15,16). The van der Waals surface area contributed by atoms with Gasteiger partial charge in [-0.05, 0) is 31.5 Å². The monoisotopic (exact) mass is 297 g/mol. The number of halogens is 1. The summed E-state index contributed by atoms with van der Waals surface area (Å²) in [6.07, 6.45) is 2.52. The quantitative estimate of drug-likeness (QED) is 0.848. The van der Waals surface area contributed by atoms with E-state index in [2.05, 4.69) is 27.8 Å². The predicted molar refractivity (Wildman–Crippen MR) is 72.4 cm³/mol. The van der Waals surface area contributed by atoms with Gasteiger partial charge in [-0.15, -0.1) is 6.58 Å². The van der Waals surface area contributed by atoms with Crippen molar-refractivity contribution in [3.8, 4) is 5.75 Å². The minimum atomic E-state index is -0.135. The minimum absolute atomic E-state index is 0.0633. The number of hydrogen-bond donors (Lipinski definition) is 1. The molecule has 1 rings (SSSR count). The third-order valence-electron chi connectivity index (χ3n) is 2.31. The number of rotatable bonds is 5. The zero-order valence-electron chi connectivity index (χ0n) is 10.00. The molecule has 1 atom stereocenters. The molecule has 0 aliphatic rings. The molecule has 17 heavy (non-hydrogen) atoms. The van der Waals surface area contributed by atoms with Crippen LogP contribution in [0, 0.1) is 0 Å². The first-order chi connectivity index (χ1) is 8.08. The molecule has 0 fully saturated rings. The molecular weight excluding hydrogens is 282 g/mol. The molecule has 0 aliphatic heterocycles. The summed E-state index contributed by atoms with van der Waals surface area (Å²) in [5.74, 6) is 0.423. The second kappa shape index (κ2) is 6.45. The first-order valence-corrected chi connectivity index (χ1v) is 6.13. The van der Waals surface area contributed by atoms with Gasteiger partial charge in [0.2, 0.25) is 0 Å².